The SMILES string of the molecule is COc1cc(I)c(C(=O)NCc2nc(-c3ccccc3)cs2)cc1OC. The quantitative estimate of drug-likeness (QED) is 0.533. The van der Waals surface area contributed by atoms with Crippen molar-refractivity contribution in [3.63, 3.8) is 0 Å². The fourth-order valence-electron chi connectivity index (χ4n) is 2.41. The number of amides is 1. The predicted octanol–water partition coefficient (Wildman–Crippen LogP) is 4.36. The molecular formula is C19H17IN2O3S. The maximum atomic E-state index is 12.5. The molecule has 134 valence electrons. The number of methoxy groups -OCH3 is 2. The van der Waals surface area contributed by atoms with Crippen LogP contribution in [0.4, 0.5) is 0 Å². The number of carbonyl (C=O) groups excluding carboxylic acids is 1. The third-order valence-corrected chi connectivity index (χ3v) is 5.48. The van der Waals surface area contributed by atoms with Crippen molar-refractivity contribution < 1.29 is 14.3 Å². The van der Waals surface area contributed by atoms with Crippen LogP contribution in [0.2, 0.25) is 0 Å². The number of thiazole rings is 1. The topological polar surface area (TPSA) is 60.5 Å². The highest BCUT2D eigenvalue weighted by Gasteiger charge is 2.16. The molecule has 0 fully saturated rings. The van der Waals surface area contributed by atoms with Gasteiger partial charge in [0, 0.05) is 14.5 Å². The Hall–Kier alpha value is -2.13. The molecule has 0 saturated carbocycles. The van der Waals surface area contributed by atoms with E-state index >= 15 is 0 Å². The number of carbonyl (C=O) groups is 1. The highest BCUT2D eigenvalue weighted by Crippen LogP contribution is 2.31. The second kappa shape index (κ2) is 8.50. The Morgan fingerprint density at radius 3 is 2.54 bits per heavy atom. The van der Waals surface area contributed by atoms with E-state index in [1.807, 2.05) is 35.7 Å². The lowest BCUT2D eigenvalue weighted by Crippen LogP contribution is -2.23. The highest BCUT2D eigenvalue weighted by molar-refractivity contribution is 14.1. The third-order valence-electron chi connectivity index (χ3n) is 3.74. The normalized spacial score (nSPS) is 10.4. The Balaban J connectivity index is 1.71. The molecule has 7 heteroatoms. The molecule has 0 unspecified atom stereocenters. The average Bonchev–Trinajstić information content (AvgIpc) is 3.15. The van der Waals surface area contributed by atoms with Gasteiger partial charge in [0.2, 0.25) is 0 Å². The maximum Gasteiger partial charge on any atom is 0.252 e. The number of aromatic nitrogens is 1. The Labute approximate surface area is 169 Å². The lowest BCUT2D eigenvalue weighted by Gasteiger charge is -2.11. The Kier molecular flexibility index (Phi) is 6.10. The Bertz CT molecular complexity index is 912. The summed E-state index contributed by atoms with van der Waals surface area (Å²) in [6, 6.07) is 13.4. The smallest absolute Gasteiger partial charge is 0.252 e. The van der Waals surface area contributed by atoms with E-state index in [4.69, 9.17) is 9.47 Å². The van der Waals surface area contributed by atoms with Gasteiger partial charge < -0.3 is 14.8 Å². The van der Waals surface area contributed by atoms with Crippen LogP contribution >= 0.6 is 33.9 Å². The predicted molar refractivity (Wildman–Crippen MR) is 111 cm³/mol. The zero-order valence-electron chi connectivity index (χ0n) is 14.3. The lowest BCUT2D eigenvalue weighted by atomic mass is 10.2. The summed E-state index contributed by atoms with van der Waals surface area (Å²) in [6.07, 6.45) is 0. The zero-order chi connectivity index (χ0) is 18.5. The largest absolute Gasteiger partial charge is 0.493 e. The third kappa shape index (κ3) is 4.16. The molecule has 5 nitrogen and oxygen atoms in total. The summed E-state index contributed by atoms with van der Waals surface area (Å²) in [6.45, 7) is 0.376. The average molecular weight is 480 g/mol. The van der Waals surface area contributed by atoms with Crippen LogP contribution in [-0.2, 0) is 6.54 Å². The molecule has 0 spiro atoms. The van der Waals surface area contributed by atoms with E-state index in [0.29, 0.717) is 23.6 Å². The fourth-order valence-corrected chi connectivity index (χ4v) is 3.84. The summed E-state index contributed by atoms with van der Waals surface area (Å²) >= 11 is 3.64. The van der Waals surface area contributed by atoms with E-state index in [0.717, 1.165) is 19.8 Å². The minimum atomic E-state index is -0.174. The van der Waals surface area contributed by atoms with Gasteiger partial charge in [-0.2, -0.15) is 0 Å². The van der Waals surface area contributed by atoms with Gasteiger partial charge in [-0.15, -0.1) is 11.3 Å². The summed E-state index contributed by atoms with van der Waals surface area (Å²) in [4.78, 5) is 17.1. The number of ether oxygens (including phenoxy) is 2. The summed E-state index contributed by atoms with van der Waals surface area (Å²) in [5, 5.41) is 5.77. The lowest BCUT2D eigenvalue weighted by molar-refractivity contribution is 0.0949. The van der Waals surface area contributed by atoms with Gasteiger partial charge in [-0.05, 0) is 34.7 Å². The van der Waals surface area contributed by atoms with Crippen LogP contribution in [0.5, 0.6) is 11.5 Å². The van der Waals surface area contributed by atoms with Gasteiger partial charge in [0.25, 0.3) is 5.91 Å². The van der Waals surface area contributed by atoms with E-state index in [2.05, 4.69) is 32.9 Å². The van der Waals surface area contributed by atoms with E-state index in [-0.39, 0.29) is 5.91 Å². The van der Waals surface area contributed by atoms with Gasteiger partial charge in [0.05, 0.1) is 32.0 Å². The molecule has 3 rings (SSSR count). The molecule has 1 amide bonds. The Morgan fingerprint density at radius 2 is 1.85 bits per heavy atom. The van der Waals surface area contributed by atoms with Gasteiger partial charge in [0.1, 0.15) is 5.01 Å². The number of rotatable bonds is 6. The van der Waals surface area contributed by atoms with Crippen molar-refractivity contribution in [3.05, 3.63) is 62.0 Å². The Morgan fingerprint density at radius 1 is 1.15 bits per heavy atom. The molecule has 0 aliphatic heterocycles. The monoisotopic (exact) mass is 480 g/mol. The van der Waals surface area contributed by atoms with Crippen molar-refractivity contribution in [2.45, 2.75) is 6.54 Å². The second-order valence-corrected chi connectivity index (χ2v) is 7.47. The van der Waals surface area contributed by atoms with Gasteiger partial charge in [-0.3, -0.25) is 4.79 Å². The van der Waals surface area contributed by atoms with Gasteiger partial charge >= 0.3 is 0 Å². The second-order valence-electron chi connectivity index (χ2n) is 5.36. The minimum Gasteiger partial charge on any atom is -0.493 e. The first-order valence-corrected chi connectivity index (χ1v) is 9.77. The molecule has 0 saturated heterocycles. The minimum absolute atomic E-state index is 0.174. The molecule has 0 aliphatic rings. The van der Waals surface area contributed by atoms with Crippen molar-refractivity contribution in [2.75, 3.05) is 14.2 Å². The molecule has 0 aliphatic carbocycles. The molecular weight excluding hydrogens is 463 g/mol. The van der Waals surface area contributed by atoms with Gasteiger partial charge in [-0.1, -0.05) is 30.3 Å². The van der Waals surface area contributed by atoms with Crippen molar-refractivity contribution in [1.82, 2.24) is 10.3 Å². The van der Waals surface area contributed by atoms with E-state index < -0.39 is 0 Å². The van der Waals surface area contributed by atoms with Crippen molar-refractivity contribution in [3.8, 4) is 22.8 Å². The van der Waals surface area contributed by atoms with E-state index in [1.54, 1.807) is 26.4 Å². The molecule has 26 heavy (non-hydrogen) atoms. The maximum absolute atomic E-state index is 12.5. The zero-order valence-corrected chi connectivity index (χ0v) is 17.3. The van der Waals surface area contributed by atoms with E-state index in [1.165, 1.54) is 11.3 Å². The first-order chi connectivity index (χ1) is 12.6. The first-order valence-electron chi connectivity index (χ1n) is 7.82. The molecule has 2 aromatic carbocycles. The summed E-state index contributed by atoms with van der Waals surface area (Å²) in [7, 11) is 3.12. The van der Waals surface area contributed by atoms with E-state index in [9.17, 15) is 4.79 Å². The highest BCUT2D eigenvalue weighted by atomic mass is 127. The number of hydrogen-bond acceptors (Lipinski definition) is 5. The molecule has 1 aromatic heterocycles. The summed E-state index contributed by atoms with van der Waals surface area (Å²) in [5.41, 5.74) is 2.53. The van der Waals surface area contributed by atoms with Crippen LogP contribution in [0.1, 0.15) is 15.4 Å². The number of hydrogen-bond donors (Lipinski definition) is 1. The van der Waals surface area contributed by atoms with Crippen LogP contribution in [0.15, 0.2) is 47.8 Å². The standard InChI is InChI=1S/C19H17IN2O3S/c1-24-16-8-13(14(20)9-17(16)25-2)19(23)21-10-18-22-15(11-26-18)12-6-4-3-5-7-12/h3-9,11H,10H2,1-2H3,(H,21,23). The van der Waals surface area contributed by atoms with Crippen LogP contribution in [0.3, 0.4) is 0 Å². The fraction of sp³-hybridized carbons (Fsp3) is 0.158. The number of halogens is 1. The van der Waals surface area contributed by atoms with Crippen molar-refractivity contribution in [1.29, 1.82) is 0 Å². The van der Waals surface area contributed by atoms with Gasteiger partial charge in [0.15, 0.2) is 11.5 Å². The number of nitrogens with one attached hydrogen (secondary N) is 1. The molecule has 0 atom stereocenters. The molecule has 1 N–H and O–H groups in total. The number of nitrogens with zero attached hydrogens (tertiary/aromatic N) is 1. The molecule has 0 radical (unpaired) electrons. The van der Waals surface area contributed by atoms with Crippen molar-refractivity contribution >= 4 is 39.8 Å². The summed E-state index contributed by atoms with van der Waals surface area (Å²) < 4.78 is 11.3. The molecule has 3 aromatic rings. The first kappa shape index (κ1) is 18.7. The molecule has 0 bridgehead atoms. The van der Waals surface area contributed by atoms with Crippen LogP contribution in [0, 0.1) is 3.57 Å². The van der Waals surface area contributed by atoms with Crippen LogP contribution in [0.25, 0.3) is 11.3 Å². The number of benzene rings is 2. The van der Waals surface area contributed by atoms with Crippen molar-refractivity contribution in [2.24, 2.45) is 0 Å². The van der Waals surface area contributed by atoms with Crippen LogP contribution in [-0.4, -0.2) is 25.1 Å². The van der Waals surface area contributed by atoms with Crippen LogP contribution < -0.4 is 14.8 Å². The van der Waals surface area contributed by atoms with Gasteiger partial charge in [-0.25, -0.2) is 4.98 Å². The summed E-state index contributed by atoms with van der Waals surface area (Å²) in [5.74, 6) is 0.950. The molecule has 1 heterocycles.